The lowest BCUT2D eigenvalue weighted by atomic mass is 10.0. The minimum Gasteiger partial charge on any atom is -0.505 e. The Morgan fingerprint density at radius 1 is 0.867 bits per heavy atom. The maximum absolute atomic E-state index is 9.71. The van der Waals surface area contributed by atoms with E-state index in [1.165, 1.54) is 6.20 Å². The summed E-state index contributed by atoms with van der Waals surface area (Å²) in [6, 6.07) is 23.3. The monoisotopic (exact) mass is 437 g/mol. The lowest BCUT2D eigenvalue weighted by molar-refractivity contribution is 0.185. The van der Waals surface area contributed by atoms with Gasteiger partial charge in [0.2, 0.25) is 0 Å². The van der Waals surface area contributed by atoms with Crippen molar-refractivity contribution in [2.24, 2.45) is 0 Å². The Hall–Kier alpha value is -3.15. The minimum absolute atomic E-state index is 0.131. The number of phenols is 1. The molecule has 5 nitrogen and oxygen atoms in total. The van der Waals surface area contributed by atoms with E-state index < -0.39 is 0 Å². The number of rotatable bonds is 6. The highest BCUT2D eigenvalue weighted by atomic mass is 35.5. The first-order valence-electron chi connectivity index (χ1n) is 9.24. The van der Waals surface area contributed by atoms with E-state index in [1.54, 1.807) is 12.1 Å². The Bertz CT molecular complexity index is 1100. The summed E-state index contributed by atoms with van der Waals surface area (Å²) in [5.41, 5.74) is 3.22. The summed E-state index contributed by atoms with van der Waals surface area (Å²) in [5.74, 6) is -0.172. The maximum Gasteiger partial charge on any atom is 0.336 e. The van der Waals surface area contributed by atoms with Gasteiger partial charge in [-0.05, 0) is 23.3 Å². The Balaban J connectivity index is 1.57. The van der Waals surface area contributed by atoms with Crippen LogP contribution in [0.2, 0.25) is 10.0 Å². The van der Waals surface area contributed by atoms with Crippen LogP contribution in [0.1, 0.15) is 17.2 Å². The standard InChI is InChI=1S/C23H17Cl2N3O2/c24-18-12-17(13-19(25)22(18)29)20-14-26-23(28-27-20)30-21(16-9-5-2-6-10-16)11-15-7-3-1-4-8-15/h1-10,12-14,21,29H,11H2. The van der Waals surface area contributed by atoms with Gasteiger partial charge < -0.3 is 9.84 Å². The molecule has 0 fully saturated rings. The molecule has 1 atom stereocenters. The van der Waals surface area contributed by atoms with Gasteiger partial charge in [-0.25, -0.2) is 4.98 Å². The Morgan fingerprint density at radius 2 is 1.50 bits per heavy atom. The molecular weight excluding hydrogens is 421 g/mol. The van der Waals surface area contributed by atoms with E-state index in [0.29, 0.717) is 17.7 Å². The van der Waals surface area contributed by atoms with E-state index in [2.05, 4.69) is 27.3 Å². The summed E-state index contributed by atoms with van der Waals surface area (Å²) in [5, 5.41) is 18.3. The number of benzene rings is 3. The molecule has 3 aromatic carbocycles. The predicted molar refractivity (Wildman–Crippen MR) is 117 cm³/mol. The third-order valence-electron chi connectivity index (χ3n) is 4.54. The first-order valence-corrected chi connectivity index (χ1v) is 9.99. The second kappa shape index (κ2) is 9.11. The molecule has 1 N–H and O–H groups in total. The van der Waals surface area contributed by atoms with Gasteiger partial charge in [-0.15, -0.1) is 5.10 Å². The summed E-state index contributed by atoms with van der Waals surface area (Å²) in [6.07, 6.45) is 1.93. The fourth-order valence-electron chi connectivity index (χ4n) is 3.01. The van der Waals surface area contributed by atoms with Crippen molar-refractivity contribution in [1.29, 1.82) is 0 Å². The smallest absolute Gasteiger partial charge is 0.336 e. The number of ether oxygens (including phenoxy) is 1. The number of aromatic hydroxyl groups is 1. The van der Waals surface area contributed by atoms with Crippen molar-refractivity contribution >= 4 is 23.2 Å². The van der Waals surface area contributed by atoms with Crippen molar-refractivity contribution in [1.82, 2.24) is 15.2 Å². The average molecular weight is 438 g/mol. The van der Waals surface area contributed by atoms with Crippen molar-refractivity contribution in [3.63, 3.8) is 0 Å². The van der Waals surface area contributed by atoms with Gasteiger partial charge in [-0.3, -0.25) is 0 Å². The van der Waals surface area contributed by atoms with Crippen LogP contribution < -0.4 is 4.74 Å². The van der Waals surface area contributed by atoms with E-state index in [0.717, 1.165) is 11.1 Å². The molecule has 4 aromatic rings. The molecule has 0 saturated carbocycles. The molecule has 0 saturated heterocycles. The normalized spacial score (nSPS) is 11.8. The number of nitrogens with zero attached hydrogens (tertiary/aromatic N) is 3. The van der Waals surface area contributed by atoms with Crippen molar-refractivity contribution < 1.29 is 9.84 Å². The fraction of sp³-hybridized carbons (Fsp3) is 0.0870. The minimum atomic E-state index is -0.265. The second-order valence-electron chi connectivity index (χ2n) is 6.62. The van der Waals surface area contributed by atoms with Gasteiger partial charge in [-0.1, -0.05) is 89.0 Å². The molecule has 1 unspecified atom stereocenters. The van der Waals surface area contributed by atoms with Gasteiger partial charge in [0.1, 0.15) is 11.8 Å². The molecule has 4 rings (SSSR count). The highest BCUT2D eigenvalue weighted by molar-refractivity contribution is 6.37. The van der Waals surface area contributed by atoms with Crippen LogP contribution in [0, 0.1) is 0 Å². The fourth-order valence-corrected chi connectivity index (χ4v) is 3.50. The highest BCUT2D eigenvalue weighted by Gasteiger charge is 2.17. The molecule has 30 heavy (non-hydrogen) atoms. The van der Waals surface area contributed by atoms with Crippen LogP contribution in [0.3, 0.4) is 0 Å². The van der Waals surface area contributed by atoms with Gasteiger partial charge in [-0.2, -0.15) is 0 Å². The third-order valence-corrected chi connectivity index (χ3v) is 5.11. The third kappa shape index (κ3) is 4.70. The number of phenolic OH excluding ortho intramolecular Hbond substituents is 1. The number of hydrogen-bond donors (Lipinski definition) is 1. The van der Waals surface area contributed by atoms with Crippen LogP contribution in [-0.4, -0.2) is 20.3 Å². The zero-order valence-electron chi connectivity index (χ0n) is 15.7. The zero-order chi connectivity index (χ0) is 20.9. The molecule has 0 spiro atoms. The van der Waals surface area contributed by atoms with Crippen LogP contribution in [0.15, 0.2) is 79.0 Å². The van der Waals surface area contributed by atoms with E-state index >= 15 is 0 Å². The van der Waals surface area contributed by atoms with E-state index in [4.69, 9.17) is 27.9 Å². The predicted octanol–water partition coefficient (Wildman–Crippen LogP) is 5.91. The first kappa shape index (κ1) is 20.1. The second-order valence-corrected chi connectivity index (χ2v) is 7.44. The molecular formula is C23H17Cl2N3O2. The molecule has 0 amide bonds. The first-order chi connectivity index (χ1) is 14.6. The van der Waals surface area contributed by atoms with Gasteiger partial charge in [0.15, 0.2) is 5.75 Å². The molecule has 0 aliphatic heterocycles. The Morgan fingerprint density at radius 3 is 2.10 bits per heavy atom. The van der Waals surface area contributed by atoms with Crippen LogP contribution in [-0.2, 0) is 6.42 Å². The molecule has 0 radical (unpaired) electrons. The van der Waals surface area contributed by atoms with E-state index in [-0.39, 0.29) is 27.9 Å². The van der Waals surface area contributed by atoms with Crippen LogP contribution >= 0.6 is 23.2 Å². The molecule has 0 aliphatic carbocycles. The molecule has 7 heteroatoms. The number of hydrogen-bond acceptors (Lipinski definition) is 5. The molecule has 1 aromatic heterocycles. The average Bonchev–Trinajstić information content (AvgIpc) is 2.78. The van der Waals surface area contributed by atoms with Crippen LogP contribution in [0.25, 0.3) is 11.3 Å². The van der Waals surface area contributed by atoms with Crippen molar-refractivity contribution in [2.45, 2.75) is 12.5 Å². The van der Waals surface area contributed by atoms with E-state index in [9.17, 15) is 5.11 Å². The highest BCUT2D eigenvalue weighted by Crippen LogP contribution is 2.35. The Labute approximate surface area is 183 Å². The largest absolute Gasteiger partial charge is 0.505 e. The van der Waals surface area contributed by atoms with Crippen LogP contribution in [0.5, 0.6) is 11.8 Å². The summed E-state index contributed by atoms with van der Waals surface area (Å²) in [4.78, 5) is 4.30. The summed E-state index contributed by atoms with van der Waals surface area (Å²) in [7, 11) is 0. The van der Waals surface area contributed by atoms with Gasteiger partial charge in [0.05, 0.1) is 16.2 Å². The van der Waals surface area contributed by atoms with Crippen molar-refractivity contribution in [2.75, 3.05) is 0 Å². The van der Waals surface area contributed by atoms with Gasteiger partial charge in [0, 0.05) is 12.0 Å². The topological polar surface area (TPSA) is 68.1 Å². The SMILES string of the molecule is Oc1c(Cl)cc(-c2cnc(OC(Cc3ccccc3)c3ccccc3)nn2)cc1Cl. The van der Waals surface area contributed by atoms with Crippen molar-refractivity contribution in [3.05, 3.63) is 100 Å². The lowest BCUT2D eigenvalue weighted by Gasteiger charge is -2.18. The van der Waals surface area contributed by atoms with Crippen LogP contribution in [0.4, 0.5) is 0 Å². The van der Waals surface area contributed by atoms with Crippen molar-refractivity contribution in [3.8, 4) is 23.0 Å². The van der Waals surface area contributed by atoms with Gasteiger partial charge >= 0.3 is 6.01 Å². The van der Waals surface area contributed by atoms with Gasteiger partial charge in [0.25, 0.3) is 0 Å². The van der Waals surface area contributed by atoms with E-state index in [1.807, 2.05) is 48.5 Å². The molecule has 0 bridgehead atoms. The maximum atomic E-state index is 9.71. The number of aromatic nitrogens is 3. The molecule has 150 valence electrons. The summed E-state index contributed by atoms with van der Waals surface area (Å²) < 4.78 is 6.09. The zero-order valence-corrected chi connectivity index (χ0v) is 17.3. The molecule has 0 aliphatic rings. The lowest BCUT2D eigenvalue weighted by Crippen LogP contribution is -2.13. The Kier molecular flexibility index (Phi) is 6.12. The summed E-state index contributed by atoms with van der Waals surface area (Å²) in [6.45, 7) is 0. The number of halogens is 2. The quantitative estimate of drug-likeness (QED) is 0.405. The molecule has 1 heterocycles. The summed E-state index contributed by atoms with van der Waals surface area (Å²) >= 11 is 12.0.